The van der Waals surface area contributed by atoms with Gasteiger partial charge in [-0.25, -0.2) is 0 Å². The standard InChI is InChI=1S/C37H52N4O3/c1-2-37(38-20-9-27-43-36-18-21-39(22-19-36)28-31-10-5-3-6-11-31)32-14-16-35(17-15-32)44-30-34(42)29-40-23-25-41(26-24-40)33-12-7-4-8-13-33/h3-8,10-17,34,36-38,42H,2,9,18-30H2,1H3. The lowest BCUT2D eigenvalue weighted by Crippen LogP contribution is -2.49. The average Bonchev–Trinajstić information content (AvgIpc) is 3.08. The summed E-state index contributed by atoms with van der Waals surface area (Å²) in [4.78, 5) is 7.27. The highest BCUT2D eigenvalue weighted by Crippen LogP contribution is 2.21. The molecule has 2 aliphatic heterocycles. The predicted octanol–water partition coefficient (Wildman–Crippen LogP) is 5.36. The van der Waals surface area contributed by atoms with Gasteiger partial charge < -0.3 is 24.8 Å². The first-order valence-electron chi connectivity index (χ1n) is 16.7. The largest absolute Gasteiger partial charge is 0.491 e. The van der Waals surface area contributed by atoms with Gasteiger partial charge in [-0.2, -0.15) is 0 Å². The summed E-state index contributed by atoms with van der Waals surface area (Å²) < 4.78 is 12.2. The van der Waals surface area contributed by atoms with Crippen LogP contribution in [-0.4, -0.2) is 92.7 Å². The second-order valence-electron chi connectivity index (χ2n) is 12.3. The monoisotopic (exact) mass is 600 g/mol. The highest BCUT2D eigenvalue weighted by atomic mass is 16.5. The van der Waals surface area contributed by atoms with Crippen molar-refractivity contribution >= 4 is 5.69 Å². The fraction of sp³-hybridized carbons (Fsp3) is 0.514. The Kier molecular flexibility index (Phi) is 12.9. The van der Waals surface area contributed by atoms with Crippen molar-refractivity contribution in [3.05, 3.63) is 96.1 Å². The number of nitrogens with one attached hydrogen (secondary N) is 1. The van der Waals surface area contributed by atoms with Crippen LogP contribution >= 0.6 is 0 Å². The Labute approximate surface area is 264 Å². The Morgan fingerprint density at radius 1 is 0.818 bits per heavy atom. The van der Waals surface area contributed by atoms with Gasteiger partial charge in [-0.3, -0.25) is 9.80 Å². The molecule has 2 atom stereocenters. The molecule has 3 aromatic rings. The number of aliphatic hydroxyl groups is 1. The number of piperazine rings is 1. The van der Waals surface area contributed by atoms with Gasteiger partial charge in [0.25, 0.3) is 0 Å². The van der Waals surface area contributed by atoms with E-state index in [-0.39, 0.29) is 0 Å². The van der Waals surface area contributed by atoms with Crippen LogP contribution < -0.4 is 15.0 Å². The minimum Gasteiger partial charge on any atom is -0.491 e. The number of nitrogens with zero attached hydrogens (tertiary/aromatic N) is 3. The smallest absolute Gasteiger partial charge is 0.119 e. The molecule has 2 heterocycles. The average molecular weight is 601 g/mol. The Morgan fingerprint density at radius 2 is 1.50 bits per heavy atom. The second-order valence-corrected chi connectivity index (χ2v) is 12.3. The van der Waals surface area contributed by atoms with Crippen LogP contribution in [0.15, 0.2) is 84.9 Å². The van der Waals surface area contributed by atoms with Crippen molar-refractivity contribution < 1.29 is 14.6 Å². The molecule has 0 amide bonds. The normalized spacial score (nSPS) is 18.3. The number of hydrogen-bond acceptors (Lipinski definition) is 7. The molecule has 2 saturated heterocycles. The summed E-state index contributed by atoms with van der Waals surface area (Å²) in [6.07, 6.45) is 4.16. The molecule has 5 rings (SSSR count). The van der Waals surface area contributed by atoms with E-state index in [1.807, 2.05) is 12.1 Å². The minimum absolute atomic E-state index is 0.305. The molecule has 0 spiro atoms. The highest BCUT2D eigenvalue weighted by Gasteiger charge is 2.21. The Hall–Kier alpha value is -2.94. The first-order valence-corrected chi connectivity index (χ1v) is 16.7. The number of hydrogen-bond donors (Lipinski definition) is 2. The van der Waals surface area contributed by atoms with Gasteiger partial charge in [0.1, 0.15) is 18.5 Å². The third kappa shape index (κ3) is 10.3. The lowest BCUT2D eigenvalue weighted by Gasteiger charge is -2.36. The van der Waals surface area contributed by atoms with Crippen molar-refractivity contribution in [2.45, 2.75) is 57.4 Å². The maximum atomic E-state index is 10.6. The number of β-amino-alcohol motifs (C(OH)–C–C–N with tert-alkyl or cyclic N) is 1. The van der Waals surface area contributed by atoms with Gasteiger partial charge in [0, 0.05) is 70.7 Å². The molecule has 0 aromatic heterocycles. The highest BCUT2D eigenvalue weighted by molar-refractivity contribution is 5.46. The van der Waals surface area contributed by atoms with Crippen LogP contribution in [0.4, 0.5) is 5.69 Å². The van der Waals surface area contributed by atoms with Crippen LogP contribution in [0.3, 0.4) is 0 Å². The van der Waals surface area contributed by atoms with Crippen LogP contribution in [0.25, 0.3) is 0 Å². The van der Waals surface area contributed by atoms with E-state index in [0.717, 1.165) is 90.4 Å². The zero-order valence-electron chi connectivity index (χ0n) is 26.5. The van der Waals surface area contributed by atoms with Crippen molar-refractivity contribution in [2.75, 3.05) is 70.5 Å². The van der Waals surface area contributed by atoms with Gasteiger partial charge in [0.15, 0.2) is 0 Å². The Morgan fingerprint density at radius 3 is 2.18 bits per heavy atom. The zero-order chi connectivity index (χ0) is 30.4. The minimum atomic E-state index is -0.507. The third-order valence-electron chi connectivity index (χ3n) is 8.94. The zero-order valence-corrected chi connectivity index (χ0v) is 26.5. The van der Waals surface area contributed by atoms with E-state index >= 15 is 0 Å². The van der Waals surface area contributed by atoms with Crippen LogP contribution in [-0.2, 0) is 11.3 Å². The summed E-state index contributed by atoms with van der Waals surface area (Å²) >= 11 is 0. The fourth-order valence-corrected chi connectivity index (χ4v) is 6.34. The van der Waals surface area contributed by atoms with Gasteiger partial charge in [0.2, 0.25) is 0 Å². The predicted molar refractivity (Wildman–Crippen MR) is 179 cm³/mol. The number of aliphatic hydroxyl groups excluding tert-OH is 1. The van der Waals surface area contributed by atoms with E-state index < -0.39 is 6.10 Å². The van der Waals surface area contributed by atoms with Crippen LogP contribution in [0.1, 0.15) is 49.8 Å². The van der Waals surface area contributed by atoms with Gasteiger partial charge in [-0.1, -0.05) is 67.6 Å². The lowest BCUT2D eigenvalue weighted by atomic mass is 10.0. The number of benzene rings is 3. The lowest BCUT2D eigenvalue weighted by molar-refractivity contribution is 0.00489. The molecule has 0 saturated carbocycles. The molecular weight excluding hydrogens is 548 g/mol. The Balaban J connectivity index is 0.927. The Bertz CT molecular complexity index is 1180. The molecule has 7 nitrogen and oxygen atoms in total. The number of anilines is 1. The molecule has 2 aliphatic rings. The van der Waals surface area contributed by atoms with Gasteiger partial charge >= 0.3 is 0 Å². The number of rotatable bonds is 16. The van der Waals surface area contributed by atoms with Gasteiger partial charge in [0.05, 0.1) is 6.10 Å². The molecular formula is C37H52N4O3. The van der Waals surface area contributed by atoms with Crippen molar-refractivity contribution in [2.24, 2.45) is 0 Å². The van der Waals surface area contributed by atoms with E-state index in [2.05, 4.69) is 99.7 Å². The number of piperidine rings is 1. The van der Waals surface area contributed by atoms with Crippen molar-refractivity contribution in [1.29, 1.82) is 0 Å². The van der Waals surface area contributed by atoms with Crippen LogP contribution in [0.2, 0.25) is 0 Å². The van der Waals surface area contributed by atoms with Crippen molar-refractivity contribution in [1.82, 2.24) is 15.1 Å². The topological polar surface area (TPSA) is 60.4 Å². The summed E-state index contributed by atoms with van der Waals surface area (Å²) in [5.41, 5.74) is 3.93. The van der Waals surface area contributed by atoms with Crippen LogP contribution in [0.5, 0.6) is 5.75 Å². The molecule has 7 heteroatoms. The van der Waals surface area contributed by atoms with Crippen molar-refractivity contribution in [3.8, 4) is 5.75 Å². The summed E-state index contributed by atoms with van der Waals surface area (Å²) in [7, 11) is 0. The SMILES string of the molecule is CCC(NCCCOC1CCN(Cc2ccccc2)CC1)c1ccc(OCC(O)CN2CCN(c3ccccc3)CC2)cc1. The quantitative estimate of drug-likeness (QED) is 0.215. The molecule has 2 unspecified atom stereocenters. The fourth-order valence-electron chi connectivity index (χ4n) is 6.34. The maximum absolute atomic E-state index is 10.6. The van der Waals surface area contributed by atoms with Gasteiger partial charge in [-0.05, 0) is 67.6 Å². The second kappa shape index (κ2) is 17.5. The first kappa shape index (κ1) is 32.5. The molecule has 3 aromatic carbocycles. The third-order valence-corrected chi connectivity index (χ3v) is 8.94. The first-order chi connectivity index (χ1) is 21.7. The number of para-hydroxylation sites is 1. The van der Waals surface area contributed by atoms with E-state index in [1.165, 1.54) is 16.8 Å². The molecule has 238 valence electrons. The summed E-state index contributed by atoms with van der Waals surface area (Å²) in [6.45, 7) is 12.0. The van der Waals surface area contributed by atoms with E-state index in [9.17, 15) is 5.11 Å². The maximum Gasteiger partial charge on any atom is 0.119 e. The molecule has 0 radical (unpaired) electrons. The molecule has 0 aliphatic carbocycles. The summed E-state index contributed by atoms with van der Waals surface area (Å²) in [5.74, 6) is 0.805. The molecule has 2 fully saturated rings. The van der Waals surface area contributed by atoms with E-state index in [0.29, 0.717) is 25.3 Å². The van der Waals surface area contributed by atoms with E-state index in [1.54, 1.807) is 0 Å². The van der Waals surface area contributed by atoms with Crippen molar-refractivity contribution in [3.63, 3.8) is 0 Å². The summed E-state index contributed by atoms with van der Waals surface area (Å²) in [5, 5.41) is 14.3. The van der Waals surface area contributed by atoms with Gasteiger partial charge in [-0.15, -0.1) is 0 Å². The van der Waals surface area contributed by atoms with Crippen LogP contribution in [0, 0.1) is 0 Å². The molecule has 44 heavy (non-hydrogen) atoms. The number of ether oxygens (including phenoxy) is 2. The molecule has 0 bridgehead atoms. The van der Waals surface area contributed by atoms with E-state index in [4.69, 9.17) is 9.47 Å². The molecule has 2 N–H and O–H groups in total. The summed E-state index contributed by atoms with van der Waals surface area (Å²) in [6, 6.07) is 30.0. The number of likely N-dealkylation sites (tertiary alicyclic amines) is 1.